The lowest BCUT2D eigenvalue weighted by Gasteiger charge is -2.22. The molecule has 21 heavy (non-hydrogen) atoms. The van der Waals surface area contributed by atoms with E-state index in [1.807, 2.05) is 28.8 Å². The van der Waals surface area contributed by atoms with Gasteiger partial charge < -0.3 is 11.1 Å². The fourth-order valence-corrected chi connectivity index (χ4v) is 2.36. The Morgan fingerprint density at radius 2 is 2.14 bits per heavy atom. The number of fused-ring (bicyclic) bond motifs is 1. The van der Waals surface area contributed by atoms with E-state index in [9.17, 15) is 4.79 Å². The van der Waals surface area contributed by atoms with Gasteiger partial charge in [0.2, 0.25) is 5.91 Å². The summed E-state index contributed by atoms with van der Waals surface area (Å²) in [4.78, 5) is 11.9. The van der Waals surface area contributed by atoms with Crippen LogP contribution >= 0.6 is 0 Å². The van der Waals surface area contributed by atoms with Gasteiger partial charge in [-0.25, -0.2) is 0 Å². The monoisotopic (exact) mass is 289 g/mol. The van der Waals surface area contributed by atoms with E-state index in [4.69, 9.17) is 5.73 Å². The standard InChI is InChI=1S/C15H23N5O/c1-15(2,3)9-11(16)8-14(21)17-10-13-19-18-12-6-4-5-7-20(12)13/h4-7,11H,8-10,16H2,1-3H3,(H,17,21). The topological polar surface area (TPSA) is 85.3 Å². The second kappa shape index (κ2) is 6.22. The molecule has 1 unspecified atom stereocenters. The highest BCUT2D eigenvalue weighted by Crippen LogP contribution is 2.20. The lowest BCUT2D eigenvalue weighted by Crippen LogP contribution is -2.34. The Kier molecular flexibility index (Phi) is 4.57. The Bertz CT molecular complexity index is 614. The van der Waals surface area contributed by atoms with Crippen molar-refractivity contribution in [1.29, 1.82) is 0 Å². The third-order valence-electron chi connectivity index (χ3n) is 3.15. The first-order valence-electron chi connectivity index (χ1n) is 7.16. The molecule has 0 bridgehead atoms. The van der Waals surface area contributed by atoms with Crippen LogP contribution in [0.5, 0.6) is 0 Å². The van der Waals surface area contributed by atoms with Gasteiger partial charge in [0.05, 0.1) is 6.54 Å². The average molecular weight is 289 g/mol. The minimum absolute atomic E-state index is 0.0561. The second-order valence-electron chi connectivity index (χ2n) is 6.55. The number of hydrogen-bond acceptors (Lipinski definition) is 4. The largest absolute Gasteiger partial charge is 0.349 e. The van der Waals surface area contributed by atoms with Crippen molar-refractivity contribution in [3.8, 4) is 0 Å². The van der Waals surface area contributed by atoms with Crippen LogP contribution in [-0.2, 0) is 11.3 Å². The van der Waals surface area contributed by atoms with E-state index >= 15 is 0 Å². The van der Waals surface area contributed by atoms with Crippen molar-refractivity contribution in [2.24, 2.45) is 11.1 Å². The number of hydrogen-bond donors (Lipinski definition) is 2. The minimum atomic E-state index is -0.125. The number of nitrogens with one attached hydrogen (secondary N) is 1. The van der Waals surface area contributed by atoms with E-state index in [0.717, 1.165) is 12.1 Å². The van der Waals surface area contributed by atoms with Crippen LogP contribution in [0.1, 0.15) is 39.4 Å². The molecule has 0 saturated carbocycles. The molecule has 2 rings (SSSR count). The summed E-state index contributed by atoms with van der Waals surface area (Å²) in [6, 6.07) is 5.55. The number of nitrogens with zero attached hydrogens (tertiary/aromatic N) is 3. The molecule has 114 valence electrons. The Morgan fingerprint density at radius 1 is 1.38 bits per heavy atom. The summed E-state index contributed by atoms with van der Waals surface area (Å²) >= 11 is 0. The molecule has 3 N–H and O–H groups in total. The molecule has 0 aliphatic heterocycles. The number of rotatable bonds is 5. The highest BCUT2D eigenvalue weighted by molar-refractivity contribution is 5.76. The molecule has 2 aromatic heterocycles. The van der Waals surface area contributed by atoms with Crippen molar-refractivity contribution >= 4 is 11.6 Å². The smallest absolute Gasteiger partial charge is 0.221 e. The van der Waals surface area contributed by atoms with Gasteiger partial charge in [-0.2, -0.15) is 0 Å². The van der Waals surface area contributed by atoms with Crippen LogP contribution in [0.3, 0.4) is 0 Å². The van der Waals surface area contributed by atoms with Gasteiger partial charge in [0.15, 0.2) is 11.5 Å². The van der Waals surface area contributed by atoms with E-state index in [1.54, 1.807) is 0 Å². The van der Waals surface area contributed by atoms with Crippen LogP contribution in [0.15, 0.2) is 24.4 Å². The van der Waals surface area contributed by atoms with Gasteiger partial charge in [-0.3, -0.25) is 9.20 Å². The highest BCUT2D eigenvalue weighted by Gasteiger charge is 2.18. The number of amides is 1. The third kappa shape index (κ3) is 4.53. The maximum Gasteiger partial charge on any atom is 0.221 e. The fourth-order valence-electron chi connectivity index (χ4n) is 2.36. The van der Waals surface area contributed by atoms with Crippen LogP contribution in [0, 0.1) is 5.41 Å². The second-order valence-corrected chi connectivity index (χ2v) is 6.55. The SMILES string of the molecule is CC(C)(C)CC(N)CC(=O)NCc1nnc2ccccn12. The van der Waals surface area contributed by atoms with Gasteiger partial charge in [-0.05, 0) is 24.0 Å². The molecule has 0 saturated heterocycles. The molecule has 6 heteroatoms. The first-order valence-corrected chi connectivity index (χ1v) is 7.16. The molecule has 2 heterocycles. The van der Waals surface area contributed by atoms with Crippen molar-refractivity contribution in [2.75, 3.05) is 0 Å². The highest BCUT2D eigenvalue weighted by atomic mass is 16.1. The molecule has 6 nitrogen and oxygen atoms in total. The van der Waals surface area contributed by atoms with E-state index in [2.05, 4.69) is 36.3 Å². The van der Waals surface area contributed by atoms with Crippen LogP contribution in [0.25, 0.3) is 5.65 Å². The summed E-state index contributed by atoms with van der Waals surface area (Å²) in [5, 5.41) is 11.0. The molecule has 0 aliphatic carbocycles. The molecule has 0 spiro atoms. The Morgan fingerprint density at radius 3 is 2.86 bits per heavy atom. The van der Waals surface area contributed by atoms with Crippen molar-refractivity contribution in [3.63, 3.8) is 0 Å². The molecule has 2 aromatic rings. The zero-order valence-corrected chi connectivity index (χ0v) is 12.8. The summed E-state index contributed by atoms with van der Waals surface area (Å²) in [6.45, 7) is 6.71. The molecule has 0 aromatic carbocycles. The molecule has 0 radical (unpaired) electrons. The third-order valence-corrected chi connectivity index (χ3v) is 3.15. The average Bonchev–Trinajstić information content (AvgIpc) is 2.77. The minimum Gasteiger partial charge on any atom is -0.349 e. The van der Waals surface area contributed by atoms with Crippen molar-refractivity contribution in [2.45, 2.75) is 46.2 Å². The molecule has 1 amide bonds. The zero-order valence-electron chi connectivity index (χ0n) is 12.8. The molecule has 1 atom stereocenters. The predicted molar refractivity (Wildman–Crippen MR) is 81.5 cm³/mol. The summed E-state index contributed by atoms with van der Waals surface area (Å²) in [7, 11) is 0. The number of nitrogens with two attached hydrogens (primary N) is 1. The normalized spacial score (nSPS) is 13.3. The number of aromatic nitrogens is 3. The predicted octanol–water partition coefficient (Wildman–Crippen LogP) is 1.50. The molecular formula is C15H23N5O. The van der Waals surface area contributed by atoms with Gasteiger partial charge in [-0.15, -0.1) is 10.2 Å². The van der Waals surface area contributed by atoms with Gasteiger partial charge in [0.1, 0.15) is 0 Å². The van der Waals surface area contributed by atoms with Crippen LogP contribution < -0.4 is 11.1 Å². The van der Waals surface area contributed by atoms with Gasteiger partial charge in [-0.1, -0.05) is 26.8 Å². The van der Waals surface area contributed by atoms with Crippen LogP contribution in [0.2, 0.25) is 0 Å². The summed E-state index contributed by atoms with van der Waals surface area (Å²) in [5.74, 6) is 0.655. The molecule has 0 aliphatic rings. The Labute approximate surface area is 124 Å². The van der Waals surface area contributed by atoms with Gasteiger partial charge in [0.25, 0.3) is 0 Å². The summed E-state index contributed by atoms with van der Waals surface area (Å²) in [6.07, 6.45) is 3.02. The maximum atomic E-state index is 11.9. The van der Waals surface area contributed by atoms with Gasteiger partial charge >= 0.3 is 0 Å². The Balaban J connectivity index is 1.87. The van der Waals surface area contributed by atoms with Crippen molar-refractivity contribution in [3.05, 3.63) is 30.2 Å². The summed E-state index contributed by atoms with van der Waals surface area (Å²) < 4.78 is 1.86. The quantitative estimate of drug-likeness (QED) is 0.873. The zero-order chi connectivity index (χ0) is 15.5. The maximum absolute atomic E-state index is 11.9. The summed E-state index contributed by atoms with van der Waals surface area (Å²) in [5.41, 5.74) is 6.90. The first-order chi connectivity index (χ1) is 9.85. The van der Waals surface area contributed by atoms with E-state index < -0.39 is 0 Å². The molecule has 0 fully saturated rings. The van der Waals surface area contributed by atoms with E-state index in [1.165, 1.54) is 0 Å². The lowest BCUT2D eigenvalue weighted by atomic mass is 9.87. The van der Waals surface area contributed by atoms with Crippen molar-refractivity contribution < 1.29 is 4.79 Å². The first kappa shape index (κ1) is 15.4. The van der Waals surface area contributed by atoms with Gasteiger partial charge in [0, 0.05) is 18.7 Å². The Hall–Kier alpha value is -1.95. The molecular weight excluding hydrogens is 266 g/mol. The van der Waals surface area contributed by atoms with Crippen LogP contribution in [0.4, 0.5) is 0 Å². The van der Waals surface area contributed by atoms with E-state index in [0.29, 0.717) is 18.8 Å². The van der Waals surface area contributed by atoms with Crippen molar-refractivity contribution in [1.82, 2.24) is 19.9 Å². The van der Waals surface area contributed by atoms with Crippen LogP contribution in [-0.4, -0.2) is 26.5 Å². The number of carbonyl (C=O) groups is 1. The fraction of sp³-hybridized carbons (Fsp3) is 0.533. The van der Waals surface area contributed by atoms with E-state index in [-0.39, 0.29) is 17.4 Å². The lowest BCUT2D eigenvalue weighted by molar-refractivity contribution is -0.121. The number of pyridine rings is 1. The number of carbonyl (C=O) groups excluding carboxylic acids is 1.